The molecular weight excluding hydrogens is 296 g/mol. The predicted octanol–water partition coefficient (Wildman–Crippen LogP) is 1.46. The number of carbonyl (C=O) groups is 2. The number of anilines is 2. The first-order valence-corrected chi connectivity index (χ1v) is 6.93. The molecule has 2 aromatic carbocycles. The average molecular weight is 314 g/mol. The van der Waals surface area contributed by atoms with E-state index in [9.17, 15) is 9.59 Å². The Hall–Kier alpha value is -3.22. The lowest BCUT2D eigenvalue weighted by atomic mass is 10.1. The summed E-state index contributed by atoms with van der Waals surface area (Å²) in [4.78, 5) is 23.4. The second kappa shape index (κ2) is 7.69. The van der Waals surface area contributed by atoms with Gasteiger partial charge in [0.05, 0.1) is 6.67 Å². The van der Waals surface area contributed by atoms with Crippen LogP contribution in [0, 0.1) is 0 Å². The van der Waals surface area contributed by atoms with Gasteiger partial charge in [0, 0.05) is 16.9 Å². The fourth-order valence-corrected chi connectivity index (χ4v) is 1.88. The molecular formula is C16H18N4O3. The monoisotopic (exact) mass is 314 g/mol. The highest BCUT2D eigenvalue weighted by Gasteiger charge is 2.08. The summed E-state index contributed by atoms with van der Waals surface area (Å²) in [6.07, 6.45) is -0.624. The zero-order valence-electron chi connectivity index (χ0n) is 12.4. The van der Waals surface area contributed by atoms with Gasteiger partial charge in [0.2, 0.25) is 0 Å². The Balaban J connectivity index is 1.73. The Morgan fingerprint density at radius 3 is 2.26 bits per heavy atom. The van der Waals surface area contributed by atoms with E-state index in [0.29, 0.717) is 16.9 Å². The van der Waals surface area contributed by atoms with Crippen LogP contribution in [0.25, 0.3) is 0 Å². The summed E-state index contributed by atoms with van der Waals surface area (Å²) in [6.45, 7) is 0.0908. The van der Waals surface area contributed by atoms with E-state index in [1.165, 1.54) is 12.1 Å². The molecule has 120 valence electrons. The minimum atomic E-state index is -0.624. The molecule has 0 spiro atoms. The van der Waals surface area contributed by atoms with Crippen LogP contribution in [0.3, 0.4) is 0 Å². The first-order valence-electron chi connectivity index (χ1n) is 6.93. The van der Waals surface area contributed by atoms with Crippen molar-refractivity contribution in [1.82, 2.24) is 10.6 Å². The minimum absolute atomic E-state index is 0.0683. The summed E-state index contributed by atoms with van der Waals surface area (Å²) in [5.74, 6) is -0.396. The van der Waals surface area contributed by atoms with Gasteiger partial charge in [0.15, 0.2) is 0 Å². The average Bonchev–Trinajstić information content (AvgIpc) is 2.53. The molecule has 6 N–H and O–H groups in total. The van der Waals surface area contributed by atoms with Crippen LogP contribution in [0.4, 0.5) is 16.2 Å². The first-order chi connectivity index (χ1) is 11.0. The maximum absolute atomic E-state index is 11.9. The van der Waals surface area contributed by atoms with Gasteiger partial charge in [-0.3, -0.25) is 4.79 Å². The van der Waals surface area contributed by atoms with E-state index < -0.39 is 12.0 Å². The molecule has 2 amide bonds. The van der Waals surface area contributed by atoms with E-state index in [1.807, 2.05) is 30.3 Å². The molecule has 2 rings (SSSR count). The number of ether oxygens (including phenoxy) is 1. The molecule has 0 saturated heterocycles. The molecule has 0 saturated carbocycles. The minimum Gasteiger partial charge on any atom is -0.445 e. The molecule has 7 heteroatoms. The Morgan fingerprint density at radius 2 is 1.61 bits per heavy atom. The molecule has 0 aliphatic heterocycles. The number of nitrogen functional groups attached to an aromatic ring is 2. The second-order valence-electron chi connectivity index (χ2n) is 4.81. The molecule has 0 bridgehead atoms. The standard InChI is InChI=1S/C16H18N4O3/c17-13-6-12(7-14(18)8-13)15(21)19-10-20-16(22)23-9-11-4-2-1-3-5-11/h1-8H,9-10,17-18H2,(H,19,21)(H,20,22). The highest BCUT2D eigenvalue weighted by Crippen LogP contribution is 2.13. The van der Waals surface area contributed by atoms with Gasteiger partial charge in [-0.1, -0.05) is 30.3 Å². The van der Waals surface area contributed by atoms with Gasteiger partial charge in [0.25, 0.3) is 5.91 Å². The molecule has 7 nitrogen and oxygen atoms in total. The maximum Gasteiger partial charge on any atom is 0.408 e. The highest BCUT2D eigenvalue weighted by atomic mass is 16.5. The van der Waals surface area contributed by atoms with Crippen molar-refractivity contribution in [2.75, 3.05) is 18.1 Å². The van der Waals surface area contributed by atoms with Crippen molar-refractivity contribution in [2.24, 2.45) is 0 Å². The number of hydrogen-bond donors (Lipinski definition) is 4. The summed E-state index contributed by atoms with van der Waals surface area (Å²) in [7, 11) is 0. The van der Waals surface area contributed by atoms with Gasteiger partial charge < -0.3 is 26.8 Å². The zero-order valence-corrected chi connectivity index (χ0v) is 12.4. The van der Waals surface area contributed by atoms with Gasteiger partial charge >= 0.3 is 6.09 Å². The summed E-state index contributed by atoms with van der Waals surface area (Å²) >= 11 is 0. The lowest BCUT2D eigenvalue weighted by Crippen LogP contribution is -2.37. The molecule has 0 heterocycles. The van der Waals surface area contributed by atoms with Gasteiger partial charge in [-0.25, -0.2) is 4.79 Å². The summed E-state index contributed by atoms with van der Waals surface area (Å²) in [5.41, 5.74) is 13.2. The predicted molar refractivity (Wildman–Crippen MR) is 87.4 cm³/mol. The molecule has 23 heavy (non-hydrogen) atoms. The quantitative estimate of drug-likeness (QED) is 0.492. The lowest BCUT2D eigenvalue weighted by Gasteiger charge is -2.09. The van der Waals surface area contributed by atoms with E-state index in [0.717, 1.165) is 5.56 Å². The molecule has 2 aromatic rings. The fourth-order valence-electron chi connectivity index (χ4n) is 1.88. The number of amides is 2. The van der Waals surface area contributed by atoms with Crippen LogP contribution in [0.1, 0.15) is 15.9 Å². The third kappa shape index (κ3) is 5.24. The van der Waals surface area contributed by atoms with E-state index in [2.05, 4.69) is 10.6 Å². The van der Waals surface area contributed by atoms with Gasteiger partial charge in [0.1, 0.15) is 6.61 Å². The number of carbonyl (C=O) groups excluding carboxylic acids is 2. The number of nitrogens with one attached hydrogen (secondary N) is 2. The molecule has 0 aliphatic carbocycles. The number of benzene rings is 2. The molecule has 0 aliphatic rings. The Morgan fingerprint density at radius 1 is 0.957 bits per heavy atom. The fraction of sp³-hybridized carbons (Fsp3) is 0.125. The normalized spacial score (nSPS) is 9.91. The third-order valence-electron chi connectivity index (χ3n) is 2.93. The van der Waals surface area contributed by atoms with E-state index >= 15 is 0 Å². The van der Waals surface area contributed by atoms with Crippen molar-refractivity contribution in [3.63, 3.8) is 0 Å². The number of alkyl carbamates (subject to hydrolysis) is 1. The van der Waals surface area contributed by atoms with Crippen LogP contribution >= 0.6 is 0 Å². The first kappa shape index (κ1) is 16.2. The van der Waals surface area contributed by atoms with Crippen molar-refractivity contribution in [3.05, 3.63) is 59.7 Å². The van der Waals surface area contributed by atoms with Crippen molar-refractivity contribution >= 4 is 23.4 Å². The van der Waals surface area contributed by atoms with Gasteiger partial charge in [-0.2, -0.15) is 0 Å². The topological polar surface area (TPSA) is 119 Å². The molecule has 0 fully saturated rings. The van der Waals surface area contributed by atoms with Crippen molar-refractivity contribution < 1.29 is 14.3 Å². The van der Waals surface area contributed by atoms with Crippen LogP contribution in [0.5, 0.6) is 0 Å². The number of rotatable bonds is 5. The van der Waals surface area contributed by atoms with E-state index in [4.69, 9.17) is 16.2 Å². The van der Waals surface area contributed by atoms with Gasteiger partial charge in [-0.05, 0) is 23.8 Å². The summed E-state index contributed by atoms with van der Waals surface area (Å²) < 4.78 is 5.01. The third-order valence-corrected chi connectivity index (χ3v) is 2.93. The Kier molecular flexibility index (Phi) is 5.40. The molecule has 0 unspecified atom stereocenters. The van der Waals surface area contributed by atoms with Crippen LogP contribution in [-0.2, 0) is 11.3 Å². The van der Waals surface area contributed by atoms with Crippen molar-refractivity contribution in [3.8, 4) is 0 Å². The van der Waals surface area contributed by atoms with Crippen molar-refractivity contribution in [1.29, 1.82) is 0 Å². The van der Waals surface area contributed by atoms with E-state index in [-0.39, 0.29) is 13.3 Å². The molecule has 0 atom stereocenters. The van der Waals surface area contributed by atoms with Crippen LogP contribution in [-0.4, -0.2) is 18.7 Å². The largest absolute Gasteiger partial charge is 0.445 e. The second-order valence-corrected chi connectivity index (χ2v) is 4.81. The lowest BCUT2D eigenvalue weighted by molar-refractivity contribution is 0.0947. The highest BCUT2D eigenvalue weighted by molar-refractivity contribution is 5.96. The van der Waals surface area contributed by atoms with Crippen LogP contribution in [0.15, 0.2) is 48.5 Å². The smallest absolute Gasteiger partial charge is 0.408 e. The SMILES string of the molecule is Nc1cc(N)cc(C(=O)NCNC(=O)OCc2ccccc2)c1. The van der Waals surface area contributed by atoms with Crippen LogP contribution in [0.2, 0.25) is 0 Å². The Bertz CT molecular complexity index is 669. The molecule has 0 radical (unpaired) electrons. The number of hydrogen-bond acceptors (Lipinski definition) is 5. The summed E-state index contributed by atoms with van der Waals surface area (Å²) in [5, 5.41) is 4.95. The maximum atomic E-state index is 11.9. The van der Waals surface area contributed by atoms with Gasteiger partial charge in [-0.15, -0.1) is 0 Å². The van der Waals surface area contributed by atoms with E-state index in [1.54, 1.807) is 6.07 Å². The summed E-state index contributed by atoms with van der Waals surface area (Å²) in [6, 6.07) is 13.8. The molecule has 0 aromatic heterocycles. The van der Waals surface area contributed by atoms with Crippen LogP contribution < -0.4 is 22.1 Å². The number of nitrogens with two attached hydrogens (primary N) is 2. The zero-order chi connectivity index (χ0) is 16.7. The van der Waals surface area contributed by atoms with Crippen molar-refractivity contribution in [2.45, 2.75) is 6.61 Å². The Labute approximate surface area is 133 Å².